The zero-order valence-electron chi connectivity index (χ0n) is 18.9. The molecule has 2 rings (SSSR count). The molecule has 0 bridgehead atoms. The highest BCUT2D eigenvalue weighted by molar-refractivity contribution is 5.79. The molecule has 2 amide bonds. The maximum Gasteiger partial charge on any atom is 0.222 e. The van der Waals surface area contributed by atoms with Gasteiger partial charge in [-0.15, -0.1) is 0 Å². The fourth-order valence-electron chi connectivity index (χ4n) is 3.59. The van der Waals surface area contributed by atoms with E-state index in [1.807, 2.05) is 23.4 Å². The van der Waals surface area contributed by atoms with Crippen LogP contribution in [0, 0.1) is 13.8 Å². The highest BCUT2D eigenvalue weighted by Crippen LogP contribution is 2.13. The first-order valence-electron chi connectivity index (χ1n) is 11.1. The maximum atomic E-state index is 12.2. The van der Waals surface area contributed by atoms with E-state index in [1.165, 1.54) is 5.56 Å². The van der Waals surface area contributed by atoms with Crippen molar-refractivity contribution in [3.05, 3.63) is 47.3 Å². The molecule has 1 aromatic carbocycles. The van der Waals surface area contributed by atoms with E-state index in [0.29, 0.717) is 25.8 Å². The van der Waals surface area contributed by atoms with Crippen LogP contribution in [0.5, 0.6) is 0 Å². The Morgan fingerprint density at radius 1 is 1.03 bits per heavy atom. The second-order valence-corrected chi connectivity index (χ2v) is 7.84. The van der Waals surface area contributed by atoms with Crippen molar-refractivity contribution >= 4 is 11.8 Å². The fraction of sp³-hybridized carbons (Fsp3) is 0.542. The first-order chi connectivity index (χ1) is 14.4. The number of amides is 2. The molecule has 1 aromatic heterocycles. The van der Waals surface area contributed by atoms with Gasteiger partial charge >= 0.3 is 0 Å². The predicted molar refractivity (Wildman–Crippen MR) is 121 cm³/mol. The Morgan fingerprint density at radius 3 is 2.27 bits per heavy atom. The molecule has 0 atom stereocenters. The van der Waals surface area contributed by atoms with Gasteiger partial charge in [-0.25, -0.2) is 4.68 Å². The van der Waals surface area contributed by atoms with E-state index in [1.54, 1.807) is 0 Å². The molecular weight excluding hydrogens is 376 g/mol. The van der Waals surface area contributed by atoms with Crippen LogP contribution in [0.15, 0.2) is 30.3 Å². The highest BCUT2D eigenvalue weighted by atomic mass is 16.2. The van der Waals surface area contributed by atoms with Gasteiger partial charge in [-0.3, -0.25) is 9.59 Å². The molecule has 0 radical (unpaired) electrons. The van der Waals surface area contributed by atoms with Gasteiger partial charge < -0.3 is 10.2 Å². The minimum absolute atomic E-state index is 0.0135. The Bertz CT molecular complexity index is 805. The predicted octanol–water partition coefficient (Wildman–Crippen LogP) is 3.97. The average Bonchev–Trinajstić information content (AvgIpc) is 3.06. The van der Waals surface area contributed by atoms with Crippen LogP contribution in [0.25, 0.3) is 5.69 Å². The summed E-state index contributed by atoms with van der Waals surface area (Å²) in [5, 5.41) is 7.46. The number of hydrogen-bond donors (Lipinski definition) is 1. The van der Waals surface area contributed by atoms with Gasteiger partial charge in [-0.2, -0.15) is 5.10 Å². The molecule has 6 nitrogen and oxygen atoms in total. The van der Waals surface area contributed by atoms with Crippen LogP contribution in [0.3, 0.4) is 0 Å². The van der Waals surface area contributed by atoms with Crippen molar-refractivity contribution in [1.29, 1.82) is 0 Å². The summed E-state index contributed by atoms with van der Waals surface area (Å²) >= 11 is 0. The van der Waals surface area contributed by atoms with E-state index in [9.17, 15) is 9.59 Å². The third-order valence-electron chi connectivity index (χ3n) is 5.06. The van der Waals surface area contributed by atoms with Crippen molar-refractivity contribution in [3.8, 4) is 5.69 Å². The van der Waals surface area contributed by atoms with E-state index in [0.717, 1.165) is 49.4 Å². The van der Waals surface area contributed by atoms with Crippen LogP contribution in [0.2, 0.25) is 0 Å². The van der Waals surface area contributed by atoms with Gasteiger partial charge in [0.1, 0.15) is 0 Å². The molecule has 0 saturated heterocycles. The van der Waals surface area contributed by atoms with Gasteiger partial charge in [-0.05, 0) is 63.3 Å². The van der Waals surface area contributed by atoms with Crippen molar-refractivity contribution < 1.29 is 9.59 Å². The van der Waals surface area contributed by atoms with Crippen LogP contribution in [0.4, 0.5) is 0 Å². The van der Waals surface area contributed by atoms with E-state index < -0.39 is 0 Å². The lowest BCUT2D eigenvalue weighted by Crippen LogP contribution is -2.32. The van der Waals surface area contributed by atoms with Crippen molar-refractivity contribution in [2.75, 3.05) is 19.6 Å². The number of carbonyl (C=O) groups excluding carboxylic acids is 2. The molecular formula is C24H36N4O2. The number of carbonyl (C=O) groups is 2. The molecule has 6 heteroatoms. The van der Waals surface area contributed by atoms with Crippen LogP contribution in [-0.4, -0.2) is 46.1 Å². The summed E-state index contributed by atoms with van der Waals surface area (Å²) in [6.07, 6.45) is 4.16. The molecule has 2 aromatic rings. The van der Waals surface area contributed by atoms with Crippen molar-refractivity contribution in [2.24, 2.45) is 0 Å². The van der Waals surface area contributed by atoms with Crippen LogP contribution < -0.4 is 5.32 Å². The number of nitrogens with zero attached hydrogens (tertiary/aromatic N) is 3. The maximum absolute atomic E-state index is 12.2. The molecule has 1 heterocycles. The summed E-state index contributed by atoms with van der Waals surface area (Å²) in [7, 11) is 0. The van der Waals surface area contributed by atoms with Gasteiger partial charge in [0.25, 0.3) is 0 Å². The molecule has 0 aliphatic rings. The van der Waals surface area contributed by atoms with Crippen LogP contribution in [0.1, 0.15) is 62.9 Å². The smallest absolute Gasteiger partial charge is 0.222 e. The summed E-state index contributed by atoms with van der Waals surface area (Å²) in [6.45, 7) is 10.4. The summed E-state index contributed by atoms with van der Waals surface area (Å²) in [5.74, 6) is 0.175. The van der Waals surface area contributed by atoms with Gasteiger partial charge in [0.15, 0.2) is 0 Å². The summed E-state index contributed by atoms with van der Waals surface area (Å²) < 4.78 is 1.93. The van der Waals surface area contributed by atoms with E-state index in [2.05, 4.69) is 54.6 Å². The molecule has 0 saturated carbocycles. The molecule has 0 spiro atoms. The number of aryl methyl sites for hydroxylation is 2. The molecule has 30 heavy (non-hydrogen) atoms. The minimum Gasteiger partial charge on any atom is -0.356 e. The fourth-order valence-corrected chi connectivity index (χ4v) is 3.59. The van der Waals surface area contributed by atoms with E-state index >= 15 is 0 Å². The van der Waals surface area contributed by atoms with Gasteiger partial charge in [-0.1, -0.05) is 26.0 Å². The number of rotatable bonds is 12. The largest absolute Gasteiger partial charge is 0.356 e. The van der Waals surface area contributed by atoms with E-state index in [-0.39, 0.29) is 11.8 Å². The zero-order valence-corrected chi connectivity index (χ0v) is 18.9. The Balaban J connectivity index is 1.69. The number of nitrogens with one attached hydrogen (secondary N) is 1. The van der Waals surface area contributed by atoms with Crippen molar-refractivity contribution in [3.63, 3.8) is 0 Å². The van der Waals surface area contributed by atoms with Crippen molar-refractivity contribution in [1.82, 2.24) is 20.0 Å². The monoisotopic (exact) mass is 412 g/mol. The minimum atomic E-state index is 0.0135. The second-order valence-electron chi connectivity index (χ2n) is 7.84. The van der Waals surface area contributed by atoms with Gasteiger partial charge in [0, 0.05) is 38.2 Å². The lowest BCUT2D eigenvalue weighted by atomic mass is 10.1. The average molecular weight is 413 g/mol. The van der Waals surface area contributed by atoms with E-state index in [4.69, 9.17) is 0 Å². The number of benzene rings is 1. The molecule has 1 N–H and O–H groups in total. The standard InChI is InChI=1S/C24H36N4O2/c1-5-16-27(17-6-2)24(30)9-7-8-23(29)25-15-14-21-10-12-22(13-11-21)28-20(4)18-19(3)26-28/h10-13,18H,5-9,14-17H2,1-4H3,(H,25,29). The molecule has 0 aliphatic heterocycles. The van der Waals surface area contributed by atoms with Crippen molar-refractivity contribution in [2.45, 2.75) is 66.2 Å². The Kier molecular flexibility index (Phi) is 9.58. The zero-order chi connectivity index (χ0) is 21.9. The lowest BCUT2D eigenvalue weighted by Gasteiger charge is -2.21. The SMILES string of the molecule is CCCN(CCC)C(=O)CCCC(=O)NCCc1ccc(-n2nc(C)cc2C)cc1. The lowest BCUT2D eigenvalue weighted by molar-refractivity contribution is -0.131. The number of aromatic nitrogens is 2. The van der Waals surface area contributed by atoms with Crippen LogP contribution >= 0.6 is 0 Å². The Labute approximate surface area is 180 Å². The van der Waals surface area contributed by atoms with Crippen LogP contribution in [-0.2, 0) is 16.0 Å². The second kappa shape index (κ2) is 12.2. The Morgan fingerprint density at radius 2 is 1.70 bits per heavy atom. The quantitative estimate of drug-likeness (QED) is 0.574. The number of hydrogen-bond acceptors (Lipinski definition) is 3. The molecule has 164 valence electrons. The highest BCUT2D eigenvalue weighted by Gasteiger charge is 2.12. The normalized spacial score (nSPS) is 10.8. The summed E-state index contributed by atoms with van der Waals surface area (Å²) in [6, 6.07) is 10.3. The first-order valence-corrected chi connectivity index (χ1v) is 11.1. The topological polar surface area (TPSA) is 67.2 Å². The first kappa shape index (κ1) is 23.6. The summed E-state index contributed by atoms with van der Waals surface area (Å²) in [5.41, 5.74) is 4.33. The van der Waals surface area contributed by atoms with Gasteiger partial charge in [0.05, 0.1) is 11.4 Å². The van der Waals surface area contributed by atoms with Gasteiger partial charge in [0.2, 0.25) is 11.8 Å². The third-order valence-corrected chi connectivity index (χ3v) is 5.06. The molecule has 0 aliphatic carbocycles. The molecule has 0 fully saturated rings. The third kappa shape index (κ3) is 7.32. The summed E-state index contributed by atoms with van der Waals surface area (Å²) in [4.78, 5) is 26.2. The molecule has 0 unspecified atom stereocenters. The Hall–Kier alpha value is -2.63.